The highest BCUT2D eigenvalue weighted by molar-refractivity contribution is 7.71. The molecule has 5 aromatic rings. The molecule has 4 aromatic heterocycles. The van der Waals surface area contributed by atoms with Gasteiger partial charge < -0.3 is 20.0 Å². The number of nitrogens with zero attached hydrogens (tertiary/aromatic N) is 7. The van der Waals surface area contributed by atoms with Crippen molar-refractivity contribution in [3.63, 3.8) is 0 Å². The van der Waals surface area contributed by atoms with E-state index in [-0.39, 0.29) is 47.4 Å². The minimum atomic E-state index is -0.595. The number of piperazine rings is 1. The molecule has 1 aromatic carbocycles. The molecule has 2 N–H and O–H groups in total. The Morgan fingerprint density at radius 2 is 1.98 bits per heavy atom. The highest BCUT2D eigenvalue weighted by Crippen LogP contribution is 2.40. The second kappa shape index (κ2) is 13.2. The Morgan fingerprint density at radius 3 is 2.67 bits per heavy atom. The van der Waals surface area contributed by atoms with Crippen LogP contribution < -0.4 is 10.2 Å². The number of carbonyl (C=O) groups excluding carboxylic acids is 2. The molecule has 1 aliphatic heterocycles. The number of carbonyl (C=O) groups is 2. The molecule has 11 nitrogen and oxygen atoms in total. The molecular formula is C36H36FN9O2S. The Bertz CT molecular complexity index is 2270. The minimum Gasteiger partial charge on any atom is -0.366 e. The van der Waals surface area contributed by atoms with Crippen LogP contribution in [-0.4, -0.2) is 80.7 Å². The Labute approximate surface area is 288 Å². The maximum atomic E-state index is 16.8. The van der Waals surface area contributed by atoms with Crippen molar-refractivity contribution in [1.29, 1.82) is 0 Å². The van der Waals surface area contributed by atoms with Crippen molar-refractivity contribution in [2.24, 2.45) is 0 Å². The molecule has 1 fully saturated rings. The number of aryl methyl sites for hydroxylation is 2. The second-order valence-corrected chi connectivity index (χ2v) is 12.8. The van der Waals surface area contributed by atoms with Crippen molar-refractivity contribution in [3.8, 4) is 16.9 Å². The van der Waals surface area contributed by atoms with Gasteiger partial charge in [-0.25, -0.2) is 15.9 Å². The van der Waals surface area contributed by atoms with Crippen LogP contribution in [0.3, 0.4) is 0 Å². The average molecular weight is 678 g/mol. The third-order valence-corrected chi connectivity index (χ3v) is 9.47. The zero-order chi connectivity index (χ0) is 35.1. The first kappa shape index (κ1) is 33.4. The molecule has 1 aliphatic rings. The predicted molar refractivity (Wildman–Crippen MR) is 191 cm³/mol. The van der Waals surface area contributed by atoms with Gasteiger partial charge in [0.2, 0.25) is 12.5 Å². The molecular weight excluding hydrogens is 642 g/mol. The summed E-state index contributed by atoms with van der Waals surface area (Å²) in [7, 11) is 1.52. The third kappa shape index (κ3) is 5.61. The van der Waals surface area contributed by atoms with E-state index in [0.29, 0.717) is 39.9 Å². The molecule has 0 unspecified atom stereocenters. The zero-order valence-electron chi connectivity index (χ0n) is 28.0. The fraction of sp³-hybridized carbons (Fsp3) is 0.306. The molecule has 49 heavy (non-hydrogen) atoms. The second-order valence-electron chi connectivity index (χ2n) is 12.4. The lowest BCUT2D eigenvalue weighted by atomic mass is 9.98. The van der Waals surface area contributed by atoms with E-state index in [4.69, 9.17) is 28.8 Å². The molecule has 6 rings (SSSR count). The summed E-state index contributed by atoms with van der Waals surface area (Å²) in [6.45, 7) is 19.9. The van der Waals surface area contributed by atoms with Gasteiger partial charge >= 0.3 is 0 Å². The van der Waals surface area contributed by atoms with Crippen molar-refractivity contribution in [2.75, 3.05) is 38.1 Å². The van der Waals surface area contributed by atoms with E-state index < -0.39 is 17.8 Å². The number of fused-ring (bicyclic) bond motifs is 2. The maximum Gasteiger partial charge on any atom is 0.256 e. The van der Waals surface area contributed by atoms with E-state index in [9.17, 15) is 9.59 Å². The van der Waals surface area contributed by atoms with E-state index in [1.54, 1.807) is 21.9 Å². The van der Waals surface area contributed by atoms with Crippen LogP contribution >= 0.6 is 12.2 Å². The van der Waals surface area contributed by atoms with E-state index in [1.165, 1.54) is 19.2 Å². The topological polar surface area (TPSA) is 116 Å². The molecule has 0 radical (unpaired) electrons. The van der Waals surface area contributed by atoms with E-state index >= 15 is 4.39 Å². The molecule has 0 saturated carbocycles. The van der Waals surface area contributed by atoms with E-state index in [0.717, 1.165) is 22.3 Å². The van der Waals surface area contributed by atoms with Gasteiger partial charge in [0.1, 0.15) is 27.8 Å². The molecule has 0 aliphatic carbocycles. The fourth-order valence-corrected chi connectivity index (χ4v) is 7.13. The van der Waals surface area contributed by atoms with Gasteiger partial charge in [-0.15, -0.1) is 0 Å². The monoisotopic (exact) mass is 677 g/mol. The summed E-state index contributed by atoms with van der Waals surface area (Å²) >= 11 is 6.23. The van der Waals surface area contributed by atoms with Crippen molar-refractivity contribution in [3.05, 3.63) is 93.6 Å². The van der Waals surface area contributed by atoms with Crippen LogP contribution in [0.1, 0.15) is 46.9 Å². The molecule has 0 bridgehead atoms. The molecule has 2 amide bonds. The smallest absolute Gasteiger partial charge is 0.256 e. The van der Waals surface area contributed by atoms with Gasteiger partial charge in [0.05, 0.1) is 34.3 Å². The number of hydrogen-bond acceptors (Lipinski definition) is 7. The van der Waals surface area contributed by atoms with Gasteiger partial charge in [0, 0.05) is 49.2 Å². The third-order valence-electron chi connectivity index (χ3n) is 9.08. The molecule has 250 valence electrons. The number of halogens is 1. The van der Waals surface area contributed by atoms with Crippen LogP contribution in [0, 0.1) is 30.9 Å². The number of rotatable bonds is 7. The summed E-state index contributed by atoms with van der Waals surface area (Å²) in [6, 6.07) is 6.55. The quantitative estimate of drug-likeness (QED) is 0.122. The van der Waals surface area contributed by atoms with Crippen molar-refractivity contribution in [1.82, 2.24) is 34.9 Å². The number of anilines is 1. The van der Waals surface area contributed by atoms with Crippen LogP contribution in [0.5, 0.6) is 0 Å². The zero-order valence-corrected chi connectivity index (χ0v) is 28.8. The van der Waals surface area contributed by atoms with Gasteiger partial charge in [0.15, 0.2) is 0 Å². The Kier molecular flexibility index (Phi) is 9.00. The number of pyridine rings is 3. The van der Waals surface area contributed by atoms with Gasteiger partial charge in [-0.2, -0.15) is 5.10 Å². The van der Waals surface area contributed by atoms with Crippen LogP contribution in [0.4, 0.5) is 10.1 Å². The summed E-state index contributed by atoms with van der Waals surface area (Å²) < 4.78 is 18.7. The molecule has 1 saturated heterocycles. The Morgan fingerprint density at radius 1 is 1.20 bits per heavy atom. The Hall–Kier alpha value is -5.48. The average Bonchev–Trinajstić information content (AvgIpc) is 3.56. The normalized spacial score (nSPS) is 14.8. The van der Waals surface area contributed by atoms with Gasteiger partial charge in [-0.1, -0.05) is 38.7 Å². The first-order valence-electron chi connectivity index (χ1n) is 15.9. The predicted octanol–water partition coefficient (Wildman–Crippen LogP) is 6.05. The highest BCUT2D eigenvalue weighted by Gasteiger charge is 2.36. The lowest BCUT2D eigenvalue weighted by Crippen LogP contribution is -2.56. The standard InChI is InChI=1S/C36H36FN9O2S/c1-8-27(47)45-14-13-44(18-22(45)16-38-6)33-23-15-25(37)31(28-20(4)9-10-26-24(28)17-41-43-26)42-34(23)46(36(49)29(33)35(48)39-7)32-21(5)11-12-40-30(32)19(2)3/h8-12,15,17,19,22H,1,13-14,16,18H2,2-5,7H3,(H,39,48)(H,41,43)/t22-/m0/s1. The van der Waals surface area contributed by atoms with Crippen LogP contribution in [0.2, 0.25) is 0 Å². The molecule has 5 heterocycles. The first-order chi connectivity index (χ1) is 23.5. The van der Waals surface area contributed by atoms with E-state index in [2.05, 4.69) is 26.9 Å². The number of hydrogen-bond donors (Lipinski definition) is 2. The van der Waals surface area contributed by atoms with Crippen LogP contribution in [0.15, 0.2) is 49.3 Å². The summed E-state index contributed by atoms with van der Waals surface area (Å²) in [5.74, 6) is -1.36. The summed E-state index contributed by atoms with van der Waals surface area (Å²) in [4.78, 5) is 43.6. The van der Waals surface area contributed by atoms with Crippen LogP contribution in [-0.2, 0) is 4.79 Å². The van der Waals surface area contributed by atoms with Gasteiger partial charge in [0.25, 0.3) is 5.91 Å². The number of aromatic amines is 1. The number of amides is 2. The fourth-order valence-electron chi connectivity index (χ4n) is 6.76. The minimum absolute atomic E-state index is 0.0262. The Balaban J connectivity index is 1.76. The summed E-state index contributed by atoms with van der Waals surface area (Å²) in [5, 5.41) is 11.0. The van der Waals surface area contributed by atoms with Crippen molar-refractivity contribution >= 4 is 51.7 Å². The largest absolute Gasteiger partial charge is 0.366 e. The maximum absolute atomic E-state index is 16.8. The lowest BCUT2D eigenvalue weighted by Gasteiger charge is -2.41. The molecule has 0 spiro atoms. The number of nitrogens with one attached hydrogen (secondary N) is 2. The van der Waals surface area contributed by atoms with Crippen molar-refractivity contribution in [2.45, 2.75) is 39.7 Å². The number of aromatic nitrogens is 5. The molecule has 1 atom stereocenters. The lowest BCUT2D eigenvalue weighted by molar-refractivity contribution is -0.128. The summed E-state index contributed by atoms with van der Waals surface area (Å²) in [6.07, 6.45) is 4.62. The van der Waals surface area contributed by atoms with Gasteiger partial charge in [-0.05, 0) is 55.2 Å². The summed E-state index contributed by atoms with van der Waals surface area (Å²) in [5.41, 5.74) is 5.38. The highest BCUT2D eigenvalue weighted by atomic mass is 32.1. The SMILES string of the molecule is [C-]#[N+]C[C@H]1CN(c2c(C(=O)NC)c(=S)n(-c3c(C)ccnc3C(C)C)c3nc(-c4c(C)ccc5[nH]ncc45)c(F)cc23)CCN1C(=O)C=C. The first-order valence-corrected chi connectivity index (χ1v) is 16.3. The molecule has 13 heteroatoms. The van der Waals surface area contributed by atoms with Gasteiger partial charge in [-0.3, -0.25) is 24.2 Å². The van der Waals surface area contributed by atoms with Crippen LogP contribution in [0.25, 0.3) is 43.7 Å². The number of H-pyrrole nitrogens is 1. The number of benzene rings is 1. The van der Waals surface area contributed by atoms with Crippen molar-refractivity contribution < 1.29 is 14.0 Å². The van der Waals surface area contributed by atoms with E-state index in [1.807, 2.05) is 50.8 Å².